The van der Waals surface area contributed by atoms with Crippen molar-refractivity contribution in [3.05, 3.63) is 54.6 Å². The lowest BCUT2D eigenvalue weighted by Gasteiger charge is -2.42. The van der Waals surface area contributed by atoms with E-state index in [1.807, 2.05) is 42.5 Å². The fraction of sp³-hybridized carbons (Fsp3) is 0.238. The highest BCUT2D eigenvalue weighted by Gasteiger charge is 2.54. The zero-order valence-electron chi connectivity index (χ0n) is 16.2. The number of nitrogens with one attached hydrogen (secondary N) is 1. The summed E-state index contributed by atoms with van der Waals surface area (Å²) in [6.45, 7) is 0.290. The standard InChI is InChI=1S/C21H23N5O4/c22-20(23)24-12-4-7-16-17(19(28)29)26(18(16)27)21(30)25-15-10-8-14(9-11-15)13-5-2-1-3-6-13/h1-3,5-6,8-11,16-17H,4,7,12H2,(H,25,30)(H,28,29)(H4,22,23,24)/t16-,17+/m1/s1. The van der Waals surface area contributed by atoms with E-state index in [1.165, 1.54) is 0 Å². The molecule has 0 saturated carbocycles. The molecule has 9 nitrogen and oxygen atoms in total. The molecule has 1 heterocycles. The average Bonchev–Trinajstić information content (AvgIpc) is 2.72. The number of urea groups is 1. The molecular weight excluding hydrogens is 386 g/mol. The summed E-state index contributed by atoms with van der Waals surface area (Å²) >= 11 is 0. The number of β-lactam (4-membered cyclic amide) rings is 1. The van der Waals surface area contributed by atoms with Crippen LogP contribution in [0.1, 0.15) is 12.8 Å². The van der Waals surface area contributed by atoms with E-state index in [0.717, 1.165) is 16.0 Å². The van der Waals surface area contributed by atoms with Crippen LogP contribution in [0.15, 0.2) is 59.6 Å². The summed E-state index contributed by atoms with van der Waals surface area (Å²) < 4.78 is 0. The number of anilines is 1. The number of carbonyl (C=O) groups excluding carboxylic acids is 2. The molecule has 0 aromatic heterocycles. The molecule has 0 bridgehead atoms. The van der Waals surface area contributed by atoms with Crippen LogP contribution in [0.3, 0.4) is 0 Å². The Morgan fingerprint density at radius 1 is 1.03 bits per heavy atom. The van der Waals surface area contributed by atoms with E-state index in [0.29, 0.717) is 18.7 Å². The number of carbonyl (C=O) groups is 3. The van der Waals surface area contributed by atoms with Crippen LogP contribution in [0.5, 0.6) is 0 Å². The molecule has 2 aromatic carbocycles. The van der Waals surface area contributed by atoms with E-state index in [4.69, 9.17) is 11.5 Å². The van der Waals surface area contributed by atoms with Crippen LogP contribution in [-0.4, -0.2) is 46.5 Å². The monoisotopic (exact) mass is 409 g/mol. The number of aliphatic carboxylic acids is 1. The number of rotatable bonds is 7. The second-order valence-electron chi connectivity index (χ2n) is 6.92. The number of aliphatic imine (C=N–C) groups is 1. The SMILES string of the molecule is NC(N)=NCCC[C@H]1C(=O)N(C(=O)Nc2ccc(-c3ccccc3)cc2)[C@@H]1C(=O)O. The summed E-state index contributed by atoms with van der Waals surface area (Å²) in [7, 11) is 0. The van der Waals surface area contributed by atoms with Crippen molar-refractivity contribution < 1.29 is 19.5 Å². The van der Waals surface area contributed by atoms with Crippen LogP contribution in [0.2, 0.25) is 0 Å². The van der Waals surface area contributed by atoms with Crippen LogP contribution >= 0.6 is 0 Å². The van der Waals surface area contributed by atoms with Gasteiger partial charge in [-0.2, -0.15) is 0 Å². The van der Waals surface area contributed by atoms with Gasteiger partial charge < -0.3 is 21.9 Å². The van der Waals surface area contributed by atoms with Gasteiger partial charge in [0.25, 0.3) is 0 Å². The number of likely N-dealkylation sites (tertiary alicyclic amines) is 1. The van der Waals surface area contributed by atoms with Gasteiger partial charge in [-0.25, -0.2) is 14.5 Å². The minimum Gasteiger partial charge on any atom is -0.480 e. The molecule has 0 aliphatic carbocycles. The lowest BCUT2D eigenvalue weighted by molar-refractivity contribution is -0.165. The molecular formula is C21H23N5O4. The molecule has 3 rings (SSSR count). The van der Waals surface area contributed by atoms with Gasteiger partial charge in [0, 0.05) is 12.2 Å². The Hall–Kier alpha value is -3.88. The summed E-state index contributed by atoms with van der Waals surface area (Å²) in [5, 5.41) is 12.1. The molecule has 0 spiro atoms. The lowest BCUT2D eigenvalue weighted by Crippen LogP contribution is -2.67. The number of guanidine groups is 1. The molecule has 9 heteroatoms. The van der Waals surface area contributed by atoms with Crippen molar-refractivity contribution in [2.45, 2.75) is 18.9 Å². The van der Waals surface area contributed by atoms with E-state index in [2.05, 4.69) is 10.3 Å². The molecule has 3 amide bonds. The van der Waals surface area contributed by atoms with Crippen molar-refractivity contribution in [1.82, 2.24) is 4.90 Å². The van der Waals surface area contributed by atoms with Gasteiger partial charge in [0.1, 0.15) is 0 Å². The van der Waals surface area contributed by atoms with E-state index in [1.54, 1.807) is 12.1 Å². The van der Waals surface area contributed by atoms with Gasteiger partial charge in [-0.3, -0.25) is 9.79 Å². The largest absolute Gasteiger partial charge is 0.480 e. The van der Waals surface area contributed by atoms with Crippen molar-refractivity contribution in [3.63, 3.8) is 0 Å². The Kier molecular flexibility index (Phi) is 6.31. The van der Waals surface area contributed by atoms with Crippen molar-refractivity contribution in [3.8, 4) is 11.1 Å². The van der Waals surface area contributed by atoms with Gasteiger partial charge >= 0.3 is 12.0 Å². The van der Waals surface area contributed by atoms with Crippen LogP contribution in [0.25, 0.3) is 11.1 Å². The average molecular weight is 409 g/mol. The number of hydrogen-bond donors (Lipinski definition) is 4. The van der Waals surface area contributed by atoms with Gasteiger partial charge in [0.2, 0.25) is 5.91 Å². The smallest absolute Gasteiger partial charge is 0.329 e. The molecule has 1 fully saturated rings. The summed E-state index contributed by atoms with van der Waals surface area (Å²) in [5.41, 5.74) is 12.9. The van der Waals surface area contributed by atoms with Gasteiger partial charge in [0.05, 0.1) is 5.92 Å². The first kappa shape index (κ1) is 20.8. The fourth-order valence-corrected chi connectivity index (χ4v) is 3.42. The Morgan fingerprint density at radius 3 is 2.27 bits per heavy atom. The van der Waals surface area contributed by atoms with Crippen LogP contribution in [0.4, 0.5) is 10.5 Å². The maximum atomic E-state index is 12.5. The number of nitrogens with two attached hydrogens (primary N) is 2. The Morgan fingerprint density at radius 2 is 1.67 bits per heavy atom. The number of benzene rings is 2. The Bertz CT molecular complexity index is 955. The topological polar surface area (TPSA) is 151 Å². The van der Waals surface area contributed by atoms with E-state index in [9.17, 15) is 19.5 Å². The van der Waals surface area contributed by atoms with Gasteiger partial charge in [-0.05, 0) is 36.1 Å². The number of nitrogens with zero attached hydrogens (tertiary/aromatic N) is 2. The summed E-state index contributed by atoms with van der Waals surface area (Å²) in [4.78, 5) is 41.1. The molecule has 1 aliphatic rings. The number of carboxylic acids is 1. The maximum absolute atomic E-state index is 12.5. The van der Waals surface area contributed by atoms with Gasteiger partial charge in [-0.15, -0.1) is 0 Å². The van der Waals surface area contributed by atoms with Crippen molar-refractivity contribution >= 4 is 29.6 Å². The van der Waals surface area contributed by atoms with Gasteiger partial charge in [-0.1, -0.05) is 42.5 Å². The van der Waals surface area contributed by atoms with E-state index >= 15 is 0 Å². The predicted molar refractivity (Wildman–Crippen MR) is 113 cm³/mol. The molecule has 6 N–H and O–H groups in total. The summed E-state index contributed by atoms with van der Waals surface area (Å²) in [6.07, 6.45) is 0.719. The third-order valence-electron chi connectivity index (χ3n) is 4.90. The first-order chi connectivity index (χ1) is 14.4. The Balaban J connectivity index is 1.62. The van der Waals surface area contributed by atoms with Gasteiger partial charge in [0.15, 0.2) is 12.0 Å². The molecule has 2 atom stereocenters. The number of imide groups is 1. The van der Waals surface area contributed by atoms with Crippen molar-refractivity contribution in [2.24, 2.45) is 22.4 Å². The first-order valence-corrected chi connectivity index (χ1v) is 9.46. The first-order valence-electron chi connectivity index (χ1n) is 9.46. The van der Waals surface area contributed by atoms with Crippen LogP contribution in [0, 0.1) is 5.92 Å². The highest BCUT2D eigenvalue weighted by molar-refractivity contribution is 6.11. The van der Waals surface area contributed by atoms with Crippen molar-refractivity contribution in [2.75, 3.05) is 11.9 Å². The van der Waals surface area contributed by atoms with Crippen molar-refractivity contribution in [1.29, 1.82) is 0 Å². The quantitative estimate of drug-likeness (QED) is 0.237. The Labute approximate surface area is 173 Å². The second-order valence-corrected chi connectivity index (χ2v) is 6.92. The van der Waals surface area contributed by atoms with Crippen LogP contribution < -0.4 is 16.8 Å². The molecule has 1 aliphatic heterocycles. The zero-order valence-corrected chi connectivity index (χ0v) is 16.2. The van der Waals surface area contributed by atoms with Crippen LogP contribution in [-0.2, 0) is 9.59 Å². The summed E-state index contributed by atoms with van der Waals surface area (Å²) in [5.74, 6) is -2.59. The fourth-order valence-electron chi connectivity index (χ4n) is 3.42. The lowest BCUT2D eigenvalue weighted by atomic mass is 9.84. The molecule has 0 unspecified atom stereocenters. The molecule has 156 valence electrons. The third kappa shape index (κ3) is 4.57. The summed E-state index contributed by atoms with van der Waals surface area (Å²) in [6, 6.07) is 14.8. The molecule has 30 heavy (non-hydrogen) atoms. The molecule has 2 aromatic rings. The molecule has 1 saturated heterocycles. The number of amides is 3. The maximum Gasteiger partial charge on any atom is 0.329 e. The van der Waals surface area contributed by atoms with E-state index in [-0.39, 0.29) is 12.4 Å². The second kappa shape index (κ2) is 9.08. The third-order valence-corrected chi connectivity index (χ3v) is 4.90. The molecule has 0 radical (unpaired) electrons. The minimum absolute atomic E-state index is 0.0657. The van der Waals surface area contributed by atoms with E-state index < -0.39 is 29.9 Å². The highest BCUT2D eigenvalue weighted by Crippen LogP contribution is 2.32. The number of hydrogen-bond acceptors (Lipinski definition) is 4. The minimum atomic E-state index is -1.23. The predicted octanol–water partition coefficient (Wildman–Crippen LogP) is 1.85. The normalized spacial score (nSPS) is 17.7. The number of carboxylic acid groups (broad SMARTS) is 1. The highest BCUT2D eigenvalue weighted by atomic mass is 16.4. The zero-order chi connectivity index (χ0) is 21.7.